The molecule has 0 radical (unpaired) electrons. The zero-order chi connectivity index (χ0) is 54.1. The predicted molar refractivity (Wildman–Crippen MR) is 306 cm³/mol. The van der Waals surface area contributed by atoms with E-state index < -0.39 is 57.8 Å². The minimum atomic E-state index is -4.78. The Bertz CT molecular complexity index is 1750. The predicted octanol–water partition coefficient (Wildman–Crippen LogP) is 16.6. The fourth-order valence-electron chi connectivity index (χ4n) is 6.84. The summed E-state index contributed by atoms with van der Waals surface area (Å²) >= 11 is 0. The van der Waals surface area contributed by atoms with Crippen molar-refractivity contribution in [3.8, 4) is 0 Å². The molecule has 0 bridgehead atoms. The lowest BCUT2D eigenvalue weighted by Gasteiger charge is -2.21. The molecule has 0 aliphatic heterocycles. The highest BCUT2D eigenvalue weighted by Gasteiger charge is 2.28. The number of allylic oxidation sites excluding steroid dienone is 22. The van der Waals surface area contributed by atoms with Crippen LogP contribution in [0.2, 0.25) is 0 Å². The maximum absolute atomic E-state index is 12.9. The lowest BCUT2D eigenvalue weighted by Crippen LogP contribution is -2.30. The number of aliphatic hydroxyl groups is 1. The molecule has 12 heteroatoms. The zero-order valence-electron chi connectivity index (χ0n) is 46.0. The first-order chi connectivity index (χ1) is 36.2. The van der Waals surface area contributed by atoms with Gasteiger partial charge in [-0.05, 0) is 116 Å². The molecule has 0 aliphatic carbocycles. The Hall–Kier alpha value is -4.38. The van der Waals surface area contributed by atoms with Crippen LogP contribution >= 0.6 is 7.82 Å². The van der Waals surface area contributed by atoms with Crippen LogP contribution in [-0.2, 0) is 42.2 Å². The van der Waals surface area contributed by atoms with E-state index in [9.17, 15) is 28.9 Å². The molecule has 74 heavy (non-hydrogen) atoms. The summed E-state index contributed by atoms with van der Waals surface area (Å²) < 4.78 is 39.4. The third-order valence-electron chi connectivity index (χ3n) is 11.0. The van der Waals surface area contributed by atoms with Gasteiger partial charge in [0, 0.05) is 19.3 Å². The van der Waals surface area contributed by atoms with Crippen LogP contribution in [0.3, 0.4) is 0 Å². The van der Waals surface area contributed by atoms with Gasteiger partial charge in [-0.3, -0.25) is 23.4 Å². The number of carbonyl (C=O) groups is 3. The summed E-state index contributed by atoms with van der Waals surface area (Å²) in [6, 6.07) is 0. The van der Waals surface area contributed by atoms with Crippen molar-refractivity contribution < 1.29 is 52.2 Å². The molecule has 418 valence electrons. The van der Waals surface area contributed by atoms with Gasteiger partial charge in [-0.15, -0.1) is 0 Å². The molecule has 2 N–H and O–H groups in total. The minimum absolute atomic E-state index is 0.0307. The van der Waals surface area contributed by atoms with Crippen molar-refractivity contribution in [2.45, 2.75) is 213 Å². The number of hydrogen-bond donors (Lipinski definition) is 2. The molecular weight excluding hydrogens is 952 g/mol. The van der Waals surface area contributed by atoms with E-state index in [1.54, 1.807) is 0 Å². The average molecular weight is 1050 g/mol. The van der Waals surface area contributed by atoms with E-state index in [1.807, 2.05) is 12.2 Å². The Morgan fingerprint density at radius 1 is 0.392 bits per heavy atom. The van der Waals surface area contributed by atoms with Gasteiger partial charge in [-0.2, -0.15) is 0 Å². The van der Waals surface area contributed by atoms with Gasteiger partial charge in [0.2, 0.25) is 0 Å². The van der Waals surface area contributed by atoms with E-state index in [1.165, 1.54) is 0 Å². The van der Waals surface area contributed by atoms with Crippen molar-refractivity contribution in [1.29, 1.82) is 0 Å². The third-order valence-corrected chi connectivity index (χ3v) is 12.0. The minimum Gasteiger partial charge on any atom is -0.462 e. The molecule has 0 rings (SSSR count). The summed E-state index contributed by atoms with van der Waals surface area (Å²) in [5.74, 6) is -1.62. The Morgan fingerprint density at radius 3 is 1.16 bits per heavy atom. The second-order valence-electron chi connectivity index (χ2n) is 18.0. The maximum Gasteiger partial charge on any atom is 0.472 e. The normalized spacial score (nSPS) is 14.4. The topological polar surface area (TPSA) is 155 Å². The fraction of sp³-hybridized carbons (Fsp3) is 0.597. The number of esters is 3. The van der Waals surface area contributed by atoms with Crippen molar-refractivity contribution in [1.82, 2.24) is 0 Å². The molecular formula is C62H99O11P. The summed E-state index contributed by atoms with van der Waals surface area (Å²) in [5, 5.41) is 9.80. The van der Waals surface area contributed by atoms with E-state index in [0.29, 0.717) is 25.7 Å². The highest BCUT2D eigenvalue weighted by Crippen LogP contribution is 2.43. The number of aliphatic hydroxyl groups excluding tert-OH is 1. The van der Waals surface area contributed by atoms with Crippen LogP contribution < -0.4 is 0 Å². The van der Waals surface area contributed by atoms with Crippen LogP contribution in [0, 0.1) is 0 Å². The largest absolute Gasteiger partial charge is 0.472 e. The van der Waals surface area contributed by atoms with Crippen LogP contribution in [0.4, 0.5) is 0 Å². The molecule has 0 amide bonds. The smallest absolute Gasteiger partial charge is 0.462 e. The van der Waals surface area contributed by atoms with E-state index in [2.05, 4.69) is 142 Å². The number of phosphoric acid groups is 1. The molecule has 0 spiro atoms. The molecule has 11 nitrogen and oxygen atoms in total. The highest BCUT2D eigenvalue weighted by atomic mass is 31.2. The van der Waals surface area contributed by atoms with Crippen molar-refractivity contribution in [3.63, 3.8) is 0 Å². The van der Waals surface area contributed by atoms with Gasteiger partial charge in [0.05, 0.1) is 19.8 Å². The molecule has 0 heterocycles. The van der Waals surface area contributed by atoms with E-state index in [0.717, 1.165) is 135 Å². The molecule has 0 aromatic carbocycles. The highest BCUT2D eigenvalue weighted by molar-refractivity contribution is 7.47. The third kappa shape index (κ3) is 52.5. The molecule has 0 saturated carbocycles. The Balaban J connectivity index is 4.88. The van der Waals surface area contributed by atoms with Gasteiger partial charge in [-0.1, -0.05) is 199 Å². The zero-order valence-corrected chi connectivity index (χ0v) is 46.9. The number of hydrogen-bond acceptors (Lipinski definition) is 10. The van der Waals surface area contributed by atoms with Gasteiger partial charge in [-0.25, -0.2) is 4.57 Å². The molecule has 3 atom stereocenters. The van der Waals surface area contributed by atoms with Crippen LogP contribution in [-0.4, -0.2) is 66.5 Å². The second kappa shape index (κ2) is 54.9. The second-order valence-corrected chi connectivity index (χ2v) is 19.4. The number of unbranched alkanes of at least 4 members (excludes halogenated alkanes) is 11. The monoisotopic (exact) mass is 1050 g/mol. The summed E-state index contributed by atoms with van der Waals surface area (Å²) in [5.41, 5.74) is 0. The van der Waals surface area contributed by atoms with Crippen molar-refractivity contribution in [2.24, 2.45) is 0 Å². The van der Waals surface area contributed by atoms with Gasteiger partial charge >= 0.3 is 25.7 Å². The Labute approximate surface area is 449 Å². The van der Waals surface area contributed by atoms with Gasteiger partial charge in [0.1, 0.15) is 12.7 Å². The van der Waals surface area contributed by atoms with Crippen molar-refractivity contribution in [2.75, 3.05) is 26.4 Å². The summed E-state index contributed by atoms with van der Waals surface area (Å²) in [6.07, 6.45) is 68.6. The first-order valence-electron chi connectivity index (χ1n) is 28.1. The lowest BCUT2D eigenvalue weighted by atomic mass is 10.1. The van der Waals surface area contributed by atoms with E-state index >= 15 is 0 Å². The quantitative estimate of drug-likeness (QED) is 0.0197. The molecule has 0 fully saturated rings. The molecule has 0 aromatic heterocycles. The van der Waals surface area contributed by atoms with Crippen LogP contribution in [0.1, 0.15) is 201 Å². The molecule has 0 aliphatic rings. The van der Waals surface area contributed by atoms with Crippen LogP contribution in [0.5, 0.6) is 0 Å². The standard InChI is InChI=1S/C62H99O11P/c1-4-7-10-13-16-19-22-25-27-28-29-30-32-35-38-41-44-47-50-53-62(66)73-59(55-69-60(64)51-48-45-42-39-36-33-24-21-18-15-12-9-6-3)57-71-74(67,68)70-56-58(54-63)72-61(65)52-49-46-43-40-37-34-31-26-23-20-17-14-11-8-5-2/h7-8,10-12,15-17,19-21,24-27,29-31,35,38,44,47,58-59,63H,4-6,9,13-14,18,22-23,28,32-34,36-37,39-43,45-46,48-57H2,1-3H3,(H,67,68)/b10-7-,11-8-,15-12-,19-16-,20-17-,24-21-,27-25-,30-29-,31-26-,38-35-,47-44-. The molecule has 3 unspecified atom stereocenters. The summed E-state index contributed by atoms with van der Waals surface area (Å²) in [7, 11) is -4.78. The SMILES string of the molecule is CC/C=C\C/C=C\C/C=C\C/C=C\C/C=C\C/C=C\CCC(=O)OC(COC(=O)CCCCCCC/C=C\C/C=C\CCC)COP(=O)(O)OCC(CO)OC(=O)CCCCCCC/C=C\C/C=C\C/C=C\CC. The lowest BCUT2D eigenvalue weighted by molar-refractivity contribution is -0.161. The Morgan fingerprint density at radius 2 is 0.730 bits per heavy atom. The summed E-state index contributed by atoms with van der Waals surface area (Å²) in [4.78, 5) is 48.5. The number of ether oxygens (including phenoxy) is 3. The number of carbonyl (C=O) groups excluding carboxylic acids is 3. The van der Waals surface area contributed by atoms with Crippen molar-refractivity contribution in [3.05, 3.63) is 134 Å². The van der Waals surface area contributed by atoms with Gasteiger partial charge < -0.3 is 24.2 Å². The summed E-state index contributed by atoms with van der Waals surface area (Å²) in [6.45, 7) is 4.20. The van der Waals surface area contributed by atoms with Crippen LogP contribution in [0.25, 0.3) is 0 Å². The molecule has 0 aromatic rings. The van der Waals surface area contributed by atoms with Gasteiger partial charge in [0.25, 0.3) is 0 Å². The first kappa shape index (κ1) is 69.6. The maximum atomic E-state index is 12.9. The van der Waals surface area contributed by atoms with E-state index in [-0.39, 0.29) is 25.9 Å². The first-order valence-corrected chi connectivity index (χ1v) is 29.6. The number of rotatable bonds is 50. The molecule has 0 saturated heterocycles. The van der Waals surface area contributed by atoms with Gasteiger partial charge in [0.15, 0.2) is 6.10 Å². The fourth-order valence-corrected chi connectivity index (χ4v) is 7.63. The average Bonchev–Trinajstić information content (AvgIpc) is 3.39. The van der Waals surface area contributed by atoms with Crippen molar-refractivity contribution >= 4 is 25.7 Å². The Kier molecular flexibility index (Phi) is 51.6. The van der Waals surface area contributed by atoms with E-state index in [4.69, 9.17) is 23.3 Å². The van der Waals surface area contributed by atoms with Crippen LogP contribution in [0.15, 0.2) is 134 Å². The number of phosphoric ester groups is 1.